The predicted octanol–water partition coefficient (Wildman–Crippen LogP) is 4.41. The van der Waals surface area contributed by atoms with Gasteiger partial charge in [-0.3, -0.25) is 0 Å². The molecule has 0 N–H and O–H groups in total. The van der Waals surface area contributed by atoms with Gasteiger partial charge in [-0.05, 0) is 23.6 Å². The predicted molar refractivity (Wildman–Crippen MR) is 76.5 cm³/mol. The minimum Gasteiger partial charge on any atom is -0.489 e. The topological polar surface area (TPSA) is 9.23 Å². The van der Waals surface area contributed by atoms with E-state index in [-0.39, 0.29) is 0 Å². The average Bonchev–Trinajstić information content (AvgIpc) is 3.08. The van der Waals surface area contributed by atoms with Crippen molar-refractivity contribution < 1.29 is 4.74 Å². The number of ether oxygens (including phenoxy) is 1. The quantitative estimate of drug-likeness (QED) is 0.731. The van der Waals surface area contributed by atoms with Crippen molar-refractivity contribution in [1.82, 2.24) is 0 Å². The summed E-state index contributed by atoms with van der Waals surface area (Å²) in [5, 5.41) is 0. The van der Waals surface area contributed by atoms with Crippen molar-refractivity contribution in [3.05, 3.63) is 77.4 Å². The van der Waals surface area contributed by atoms with Gasteiger partial charge in [0.15, 0.2) is 0 Å². The van der Waals surface area contributed by atoms with Crippen LogP contribution in [0, 0.1) is 0 Å². The van der Waals surface area contributed by atoms with Crippen LogP contribution in [0.25, 0.3) is 0 Å². The van der Waals surface area contributed by atoms with Crippen LogP contribution in [0.1, 0.15) is 34.9 Å². The highest BCUT2D eigenvalue weighted by Crippen LogP contribution is 2.51. The van der Waals surface area contributed by atoms with E-state index >= 15 is 0 Å². The van der Waals surface area contributed by atoms with Crippen LogP contribution in [-0.4, -0.2) is 0 Å². The zero-order chi connectivity index (χ0) is 12.7. The van der Waals surface area contributed by atoms with Gasteiger partial charge in [-0.25, -0.2) is 0 Å². The first-order chi connectivity index (χ1) is 9.42. The first-order valence-electron chi connectivity index (χ1n) is 6.89. The number of benzene rings is 2. The zero-order valence-electron chi connectivity index (χ0n) is 10.8. The molecule has 1 nitrogen and oxygen atoms in total. The molecule has 19 heavy (non-hydrogen) atoms. The lowest BCUT2D eigenvalue weighted by Crippen LogP contribution is -2.01. The molecule has 0 saturated carbocycles. The van der Waals surface area contributed by atoms with Crippen molar-refractivity contribution >= 4 is 0 Å². The third-order valence-corrected chi connectivity index (χ3v) is 4.19. The van der Waals surface area contributed by atoms with Gasteiger partial charge in [0, 0.05) is 17.4 Å². The number of rotatable bonds is 3. The molecule has 0 aliphatic heterocycles. The molecule has 2 aliphatic carbocycles. The van der Waals surface area contributed by atoms with Gasteiger partial charge in [-0.2, -0.15) is 0 Å². The summed E-state index contributed by atoms with van der Waals surface area (Å²) in [6, 6.07) is 16.8. The van der Waals surface area contributed by atoms with E-state index in [2.05, 4.69) is 54.6 Å². The molecule has 2 aliphatic rings. The minimum absolute atomic E-state index is 0.576. The molecular weight excluding hydrogens is 232 g/mol. The van der Waals surface area contributed by atoms with Crippen LogP contribution in [-0.2, 0) is 6.61 Å². The maximum absolute atomic E-state index is 6.05. The van der Waals surface area contributed by atoms with Crippen molar-refractivity contribution in [2.45, 2.75) is 24.9 Å². The molecule has 0 aromatic heterocycles. The summed E-state index contributed by atoms with van der Waals surface area (Å²) in [6.45, 7) is 0.651. The highest BCUT2D eigenvalue weighted by molar-refractivity contribution is 5.54. The summed E-state index contributed by atoms with van der Waals surface area (Å²) >= 11 is 0. The van der Waals surface area contributed by atoms with E-state index in [9.17, 15) is 0 Å². The van der Waals surface area contributed by atoms with Gasteiger partial charge in [-0.15, -0.1) is 0 Å². The van der Waals surface area contributed by atoms with Crippen molar-refractivity contribution in [2.75, 3.05) is 0 Å². The number of hydrogen-bond acceptors (Lipinski definition) is 1. The second kappa shape index (κ2) is 4.27. The second-order valence-corrected chi connectivity index (χ2v) is 5.37. The molecule has 2 atom stereocenters. The summed E-state index contributed by atoms with van der Waals surface area (Å²) < 4.78 is 6.05. The molecule has 0 heterocycles. The molecule has 4 rings (SSSR count). The van der Waals surface area contributed by atoms with Crippen molar-refractivity contribution in [2.24, 2.45) is 0 Å². The fraction of sp³-hybridized carbons (Fsp3) is 0.222. The molecular formula is C18H16O. The molecule has 94 valence electrons. The van der Waals surface area contributed by atoms with Gasteiger partial charge in [0.2, 0.25) is 0 Å². The van der Waals surface area contributed by atoms with Crippen molar-refractivity contribution in [3.8, 4) is 5.75 Å². The lowest BCUT2D eigenvalue weighted by molar-refractivity contribution is 0.302. The highest BCUT2D eigenvalue weighted by atomic mass is 16.5. The van der Waals surface area contributed by atoms with Crippen LogP contribution in [0.15, 0.2) is 60.7 Å². The number of allylic oxidation sites excluding steroid dienone is 2. The standard InChI is InChI=1S/C18H16O/c1-2-5-13(6-3-1)12-19-17-8-4-7-16-14-9-10-15(11-14)18(16)17/h1-10,14-15H,11-12H2. The van der Waals surface area contributed by atoms with E-state index in [1.807, 2.05) is 6.07 Å². The van der Waals surface area contributed by atoms with Crippen LogP contribution in [0.5, 0.6) is 5.75 Å². The van der Waals surface area contributed by atoms with Gasteiger partial charge in [0.25, 0.3) is 0 Å². The number of fused-ring (bicyclic) bond motifs is 5. The van der Waals surface area contributed by atoms with Crippen LogP contribution in [0.3, 0.4) is 0 Å². The Morgan fingerprint density at radius 1 is 0.895 bits per heavy atom. The third kappa shape index (κ3) is 1.77. The lowest BCUT2D eigenvalue weighted by Gasteiger charge is -2.16. The summed E-state index contributed by atoms with van der Waals surface area (Å²) in [6.07, 6.45) is 5.91. The Morgan fingerprint density at radius 3 is 2.63 bits per heavy atom. The van der Waals surface area contributed by atoms with Gasteiger partial charge in [0.05, 0.1) is 0 Å². The summed E-state index contributed by atoms with van der Waals surface area (Å²) in [4.78, 5) is 0. The summed E-state index contributed by atoms with van der Waals surface area (Å²) in [7, 11) is 0. The Morgan fingerprint density at radius 2 is 1.74 bits per heavy atom. The van der Waals surface area contributed by atoms with Crippen molar-refractivity contribution in [1.29, 1.82) is 0 Å². The van der Waals surface area contributed by atoms with E-state index in [0.29, 0.717) is 18.4 Å². The monoisotopic (exact) mass is 248 g/mol. The van der Waals surface area contributed by atoms with Crippen LogP contribution in [0.4, 0.5) is 0 Å². The Kier molecular flexibility index (Phi) is 2.44. The molecule has 0 amide bonds. The molecule has 2 aromatic rings. The van der Waals surface area contributed by atoms with E-state index in [1.165, 1.54) is 23.1 Å². The second-order valence-electron chi connectivity index (χ2n) is 5.37. The van der Waals surface area contributed by atoms with Gasteiger partial charge >= 0.3 is 0 Å². The first-order valence-corrected chi connectivity index (χ1v) is 6.89. The number of hydrogen-bond donors (Lipinski definition) is 0. The maximum Gasteiger partial charge on any atom is 0.123 e. The lowest BCUT2D eigenvalue weighted by atomic mass is 9.96. The first kappa shape index (κ1) is 10.9. The largest absolute Gasteiger partial charge is 0.489 e. The Balaban J connectivity index is 1.61. The molecule has 2 unspecified atom stereocenters. The molecule has 2 bridgehead atoms. The van der Waals surface area contributed by atoms with Crippen LogP contribution in [0.2, 0.25) is 0 Å². The van der Waals surface area contributed by atoms with E-state index in [4.69, 9.17) is 4.74 Å². The SMILES string of the molecule is C1=CC2CC1c1cccc(OCc3ccccc3)c12. The van der Waals surface area contributed by atoms with E-state index < -0.39 is 0 Å². The fourth-order valence-corrected chi connectivity index (χ4v) is 3.29. The Labute approximate surface area is 113 Å². The van der Waals surface area contributed by atoms with Gasteiger partial charge in [-0.1, -0.05) is 54.6 Å². The van der Waals surface area contributed by atoms with E-state index in [0.717, 1.165) is 5.75 Å². The zero-order valence-corrected chi connectivity index (χ0v) is 10.8. The van der Waals surface area contributed by atoms with Gasteiger partial charge < -0.3 is 4.74 Å². The summed E-state index contributed by atoms with van der Waals surface area (Å²) in [5.74, 6) is 2.27. The molecule has 2 aromatic carbocycles. The molecule has 0 radical (unpaired) electrons. The molecule has 0 saturated heterocycles. The fourth-order valence-electron chi connectivity index (χ4n) is 3.29. The molecule has 1 heteroatoms. The van der Waals surface area contributed by atoms with E-state index in [1.54, 1.807) is 0 Å². The Bertz CT molecular complexity index is 627. The highest BCUT2D eigenvalue weighted by Gasteiger charge is 2.34. The summed E-state index contributed by atoms with van der Waals surface area (Å²) in [5.41, 5.74) is 4.11. The maximum atomic E-state index is 6.05. The van der Waals surface area contributed by atoms with Crippen molar-refractivity contribution in [3.63, 3.8) is 0 Å². The molecule has 0 fully saturated rings. The van der Waals surface area contributed by atoms with Crippen LogP contribution >= 0.6 is 0 Å². The Hall–Kier alpha value is -2.02. The van der Waals surface area contributed by atoms with Crippen LogP contribution < -0.4 is 4.74 Å². The van der Waals surface area contributed by atoms with Gasteiger partial charge in [0.1, 0.15) is 12.4 Å². The average molecular weight is 248 g/mol. The normalized spacial score (nSPS) is 22.5. The minimum atomic E-state index is 0.576. The molecule has 0 spiro atoms. The smallest absolute Gasteiger partial charge is 0.123 e. The third-order valence-electron chi connectivity index (χ3n) is 4.19.